The van der Waals surface area contributed by atoms with Crippen LogP contribution in [0.3, 0.4) is 0 Å². The maximum atomic E-state index is 5.55. The second-order valence-electron chi connectivity index (χ2n) is 6.84. The van der Waals surface area contributed by atoms with Crippen LogP contribution in [0.25, 0.3) is 0 Å². The normalized spacial score (nSPS) is 14.0. The van der Waals surface area contributed by atoms with Crippen molar-refractivity contribution < 1.29 is 14.2 Å². The number of hydrogen-bond donors (Lipinski definition) is 0. The zero-order valence-electron chi connectivity index (χ0n) is 16.9. The molecule has 0 saturated carbocycles. The van der Waals surface area contributed by atoms with Gasteiger partial charge in [0.15, 0.2) is 17.3 Å². The van der Waals surface area contributed by atoms with E-state index in [0.717, 1.165) is 24.4 Å². The third kappa shape index (κ3) is 3.63. The van der Waals surface area contributed by atoms with Gasteiger partial charge in [-0.1, -0.05) is 24.3 Å². The molecule has 0 N–H and O–H groups in total. The summed E-state index contributed by atoms with van der Waals surface area (Å²) in [6.45, 7) is 2.00. The molecule has 4 rings (SSSR count). The molecule has 8 nitrogen and oxygen atoms in total. The van der Waals surface area contributed by atoms with E-state index in [0.29, 0.717) is 24.7 Å². The molecule has 1 aliphatic rings. The molecule has 3 aromatic rings. The Morgan fingerprint density at radius 1 is 1.03 bits per heavy atom. The van der Waals surface area contributed by atoms with Crippen LogP contribution in [0.1, 0.15) is 23.0 Å². The topological polar surface area (TPSA) is 74.5 Å². The van der Waals surface area contributed by atoms with E-state index in [2.05, 4.69) is 44.7 Å². The van der Waals surface area contributed by atoms with Crippen LogP contribution in [-0.2, 0) is 17.7 Å². The SMILES string of the molecule is COCCn1nnnc1[C@H](c1ccc(OC)c(OC)c1)N1CCc2ccccc21. The van der Waals surface area contributed by atoms with E-state index in [4.69, 9.17) is 14.2 Å². The Hall–Kier alpha value is -3.13. The third-order valence-electron chi connectivity index (χ3n) is 5.27. The smallest absolute Gasteiger partial charge is 0.178 e. The average Bonchev–Trinajstić information content (AvgIpc) is 3.40. The van der Waals surface area contributed by atoms with Crippen LogP contribution in [0.5, 0.6) is 11.5 Å². The highest BCUT2D eigenvalue weighted by molar-refractivity contribution is 5.61. The van der Waals surface area contributed by atoms with E-state index in [1.165, 1.54) is 11.3 Å². The van der Waals surface area contributed by atoms with Gasteiger partial charge < -0.3 is 19.1 Å². The van der Waals surface area contributed by atoms with Gasteiger partial charge in [-0.15, -0.1) is 5.10 Å². The standard InChI is InChI=1S/C21H25N5O3/c1-27-13-12-26-21(22-23-24-26)20(16-8-9-18(28-2)19(14-16)29-3)25-11-10-15-6-4-5-7-17(15)25/h4-9,14,20H,10-13H2,1-3H3/t20-/m0/s1. The number of tetrazole rings is 1. The number of ether oxygens (including phenoxy) is 3. The van der Waals surface area contributed by atoms with Crippen LogP contribution < -0.4 is 14.4 Å². The highest BCUT2D eigenvalue weighted by Crippen LogP contribution is 2.40. The minimum Gasteiger partial charge on any atom is -0.493 e. The van der Waals surface area contributed by atoms with Gasteiger partial charge in [0, 0.05) is 19.3 Å². The van der Waals surface area contributed by atoms with Crippen molar-refractivity contribution in [2.75, 3.05) is 39.4 Å². The fourth-order valence-corrected chi connectivity index (χ4v) is 3.87. The molecule has 0 radical (unpaired) electrons. The maximum Gasteiger partial charge on any atom is 0.178 e. The van der Waals surface area contributed by atoms with Gasteiger partial charge in [-0.3, -0.25) is 0 Å². The number of anilines is 1. The summed E-state index contributed by atoms with van der Waals surface area (Å²) in [5, 5.41) is 12.5. The van der Waals surface area contributed by atoms with Crippen LogP contribution in [0, 0.1) is 0 Å². The van der Waals surface area contributed by atoms with Crippen LogP contribution in [-0.4, -0.2) is 54.7 Å². The lowest BCUT2D eigenvalue weighted by atomic mass is 10.0. The predicted octanol–water partition coefficient (Wildman–Crippen LogP) is 2.49. The molecular formula is C21H25N5O3. The molecule has 29 heavy (non-hydrogen) atoms. The van der Waals surface area contributed by atoms with E-state index in [1.807, 2.05) is 22.9 Å². The molecule has 1 atom stereocenters. The first kappa shape index (κ1) is 19.2. The van der Waals surface area contributed by atoms with Gasteiger partial charge in [0.2, 0.25) is 0 Å². The highest BCUT2D eigenvalue weighted by atomic mass is 16.5. The summed E-state index contributed by atoms with van der Waals surface area (Å²) in [4.78, 5) is 2.35. The number of hydrogen-bond acceptors (Lipinski definition) is 7. The van der Waals surface area contributed by atoms with Crippen molar-refractivity contribution >= 4 is 5.69 Å². The summed E-state index contributed by atoms with van der Waals surface area (Å²) in [6.07, 6.45) is 0.986. The number of rotatable bonds is 8. The molecule has 2 aromatic carbocycles. The number of methoxy groups -OCH3 is 3. The van der Waals surface area contributed by atoms with Gasteiger partial charge in [0.1, 0.15) is 6.04 Å². The first-order valence-corrected chi connectivity index (χ1v) is 9.58. The zero-order valence-corrected chi connectivity index (χ0v) is 16.9. The zero-order chi connectivity index (χ0) is 20.2. The Morgan fingerprint density at radius 2 is 1.86 bits per heavy atom. The molecule has 1 aromatic heterocycles. The van der Waals surface area contributed by atoms with Crippen molar-refractivity contribution in [3.05, 3.63) is 59.4 Å². The van der Waals surface area contributed by atoms with Crippen molar-refractivity contribution in [1.29, 1.82) is 0 Å². The molecule has 152 valence electrons. The Labute approximate surface area is 170 Å². The number of para-hydroxylation sites is 1. The van der Waals surface area contributed by atoms with E-state index in [9.17, 15) is 0 Å². The molecule has 1 aliphatic heterocycles. The number of aromatic nitrogens is 4. The van der Waals surface area contributed by atoms with Crippen LogP contribution in [0.4, 0.5) is 5.69 Å². The quantitative estimate of drug-likeness (QED) is 0.580. The monoisotopic (exact) mass is 395 g/mol. The summed E-state index contributed by atoms with van der Waals surface area (Å²) >= 11 is 0. The first-order chi connectivity index (χ1) is 14.3. The van der Waals surface area contributed by atoms with Crippen molar-refractivity contribution in [3.63, 3.8) is 0 Å². The minimum absolute atomic E-state index is 0.162. The van der Waals surface area contributed by atoms with Crippen LogP contribution >= 0.6 is 0 Å². The number of nitrogens with zero attached hydrogens (tertiary/aromatic N) is 5. The Kier molecular flexibility index (Phi) is 5.62. The summed E-state index contributed by atoms with van der Waals surface area (Å²) in [5.41, 5.74) is 3.57. The Bertz CT molecular complexity index is 974. The van der Waals surface area contributed by atoms with Gasteiger partial charge in [0.25, 0.3) is 0 Å². The Balaban J connectivity index is 1.82. The van der Waals surface area contributed by atoms with Gasteiger partial charge in [-0.2, -0.15) is 0 Å². The van der Waals surface area contributed by atoms with Gasteiger partial charge in [-0.05, 0) is 46.2 Å². The van der Waals surface area contributed by atoms with Gasteiger partial charge in [0.05, 0.1) is 27.4 Å². The van der Waals surface area contributed by atoms with E-state index in [1.54, 1.807) is 21.3 Å². The molecule has 2 heterocycles. The molecule has 8 heteroatoms. The average molecular weight is 395 g/mol. The molecule has 0 aliphatic carbocycles. The number of benzene rings is 2. The maximum absolute atomic E-state index is 5.55. The van der Waals surface area contributed by atoms with Crippen LogP contribution in [0.2, 0.25) is 0 Å². The highest BCUT2D eigenvalue weighted by Gasteiger charge is 2.32. The fraction of sp³-hybridized carbons (Fsp3) is 0.381. The summed E-state index contributed by atoms with van der Waals surface area (Å²) < 4.78 is 18.0. The second-order valence-corrected chi connectivity index (χ2v) is 6.84. The largest absolute Gasteiger partial charge is 0.493 e. The molecule has 0 unspecified atom stereocenters. The lowest BCUT2D eigenvalue weighted by molar-refractivity contribution is 0.181. The molecule has 0 spiro atoms. The molecular weight excluding hydrogens is 370 g/mol. The summed E-state index contributed by atoms with van der Waals surface area (Å²) in [6, 6.07) is 14.3. The first-order valence-electron chi connectivity index (χ1n) is 9.58. The molecule has 0 fully saturated rings. The van der Waals surface area contributed by atoms with Crippen molar-refractivity contribution in [1.82, 2.24) is 20.2 Å². The third-order valence-corrected chi connectivity index (χ3v) is 5.27. The Morgan fingerprint density at radius 3 is 2.66 bits per heavy atom. The summed E-state index contributed by atoms with van der Waals surface area (Å²) in [7, 11) is 4.95. The lowest BCUT2D eigenvalue weighted by Crippen LogP contribution is -2.31. The molecule has 0 bridgehead atoms. The molecule has 0 saturated heterocycles. The lowest BCUT2D eigenvalue weighted by Gasteiger charge is -2.30. The van der Waals surface area contributed by atoms with Gasteiger partial charge in [-0.25, -0.2) is 4.68 Å². The van der Waals surface area contributed by atoms with Crippen molar-refractivity contribution in [3.8, 4) is 11.5 Å². The van der Waals surface area contributed by atoms with Crippen molar-refractivity contribution in [2.24, 2.45) is 0 Å². The van der Waals surface area contributed by atoms with Crippen molar-refractivity contribution in [2.45, 2.75) is 19.0 Å². The van der Waals surface area contributed by atoms with E-state index >= 15 is 0 Å². The fourth-order valence-electron chi connectivity index (χ4n) is 3.87. The molecule has 0 amide bonds. The number of fused-ring (bicyclic) bond motifs is 1. The second kappa shape index (κ2) is 8.48. The minimum atomic E-state index is -0.162. The summed E-state index contributed by atoms with van der Waals surface area (Å²) in [5.74, 6) is 2.14. The van der Waals surface area contributed by atoms with Gasteiger partial charge >= 0.3 is 0 Å². The van der Waals surface area contributed by atoms with Crippen LogP contribution in [0.15, 0.2) is 42.5 Å². The van der Waals surface area contributed by atoms with E-state index < -0.39 is 0 Å². The van der Waals surface area contributed by atoms with E-state index in [-0.39, 0.29) is 6.04 Å². The predicted molar refractivity (Wildman–Crippen MR) is 109 cm³/mol.